The second-order valence-corrected chi connectivity index (χ2v) is 5.69. The van der Waals surface area contributed by atoms with Gasteiger partial charge >= 0.3 is 5.97 Å². The third kappa shape index (κ3) is 4.32. The average Bonchev–Trinajstić information content (AvgIpc) is 3.15. The molecular formula is C20H14F2N2O4. The first kappa shape index (κ1) is 19.0. The van der Waals surface area contributed by atoms with E-state index in [0.29, 0.717) is 5.56 Å². The number of esters is 1. The molecule has 3 aromatic rings. The molecule has 28 heavy (non-hydrogen) atoms. The van der Waals surface area contributed by atoms with Crippen LogP contribution in [0.2, 0.25) is 0 Å². The molecule has 0 unspecified atom stereocenters. The van der Waals surface area contributed by atoms with Crippen molar-refractivity contribution in [3.63, 3.8) is 0 Å². The van der Waals surface area contributed by atoms with E-state index in [4.69, 9.17) is 19.2 Å². The molecule has 0 fully saturated rings. The number of nitrogens with zero attached hydrogens (tertiary/aromatic N) is 2. The Morgan fingerprint density at radius 2 is 2.04 bits per heavy atom. The van der Waals surface area contributed by atoms with Crippen molar-refractivity contribution in [1.29, 1.82) is 5.26 Å². The van der Waals surface area contributed by atoms with Gasteiger partial charge < -0.3 is 13.9 Å². The largest absolute Gasteiger partial charge is 0.493 e. The summed E-state index contributed by atoms with van der Waals surface area (Å²) in [6.07, 6.45) is 1.38. The third-order valence-corrected chi connectivity index (χ3v) is 3.81. The molecule has 0 aliphatic rings. The first-order chi connectivity index (χ1) is 13.5. The number of ether oxygens (including phenoxy) is 2. The van der Waals surface area contributed by atoms with Gasteiger partial charge in [0.05, 0.1) is 36.9 Å². The number of rotatable bonds is 6. The molecule has 0 N–H and O–H groups in total. The van der Waals surface area contributed by atoms with Crippen LogP contribution in [0.3, 0.4) is 0 Å². The molecule has 2 aromatic carbocycles. The highest BCUT2D eigenvalue weighted by atomic mass is 19.1. The number of hydrogen-bond acceptors (Lipinski definition) is 6. The Bertz CT molecular complexity index is 1060. The summed E-state index contributed by atoms with van der Waals surface area (Å²) in [5.41, 5.74) is 0.446. The molecule has 0 bridgehead atoms. The van der Waals surface area contributed by atoms with Crippen LogP contribution in [0.15, 0.2) is 47.0 Å². The Hall–Kier alpha value is -3.73. The highest BCUT2D eigenvalue weighted by molar-refractivity contribution is 5.73. The van der Waals surface area contributed by atoms with Gasteiger partial charge in [0.2, 0.25) is 0 Å². The molecule has 3 rings (SSSR count). The predicted molar refractivity (Wildman–Crippen MR) is 93.5 cm³/mol. The van der Waals surface area contributed by atoms with Crippen molar-refractivity contribution in [3.05, 3.63) is 65.7 Å². The van der Waals surface area contributed by atoms with E-state index in [1.165, 1.54) is 37.6 Å². The zero-order chi connectivity index (χ0) is 20.1. The Balaban J connectivity index is 1.63. The summed E-state index contributed by atoms with van der Waals surface area (Å²) in [6.45, 7) is 0. The number of carbonyl (C=O) groups is 1. The minimum absolute atomic E-state index is 0.0466. The lowest BCUT2D eigenvalue weighted by Gasteiger charge is -2.08. The molecular weight excluding hydrogens is 370 g/mol. The minimum Gasteiger partial charge on any atom is -0.493 e. The van der Waals surface area contributed by atoms with Gasteiger partial charge in [-0.15, -0.1) is 0 Å². The molecule has 0 saturated heterocycles. The van der Waals surface area contributed by atoms with Crippen LogP contribution in [0, 0.1) is 23.0 Å². The van der Waals surface area contributed by atoms with Crippen LogP contribution in [-0.4, -0.2) is 18.1 Å². The lowest BCUT2D eigenvalue weighted by Crippen LogP contribution is -2.10. The second-order valence-electron chi connectivity index (χ2n) is 5.69. The first-order valence-electron chi connectivity index (χ1n) is 8.19. The number of aryl methyl sites for hydroxylation is 1. The van der Waals surface area contributed by atoms with Gasteiger partial charge in [-0.05, 0) is 24.3 Å². The molecule has 142 valence electrons. The Morgan fingerprint density at radius 3 is 2.75 bits per heavy atom. The van der Waals surface area contributed by atoms with Gasteiger partial charge in [-0.3, -0.25) is 4.79 Å². The molecule has 0 amide bonds. The van der Waals surface area contributed by atoms with Crippen molar-refractivity contribution in [1.82, 2.24) is 4.98 Å². The number of nitriles is 1. The summed E-state index contributed by atoms with van der Waals surface area (Å²) in [4.78, 5) is 16.1. The summed E-state index contributed by atoms with van der Waals surface area (Å²) in [5, 5.41) is 8.88. The molecule has 1 heterocycles. The van der Waals surface area contributed by atoms with Crippen LogP contribution < -0.4 is 9.47 Å². The molecule has 8 heteroatoms. The normalized spacial score (nSPS) is 10.4. The summed E-state index contributed by atoms with van der Waals surface area (Å²) in [7, 11) is 1.40. The van der Waals surface area contributed by atoms with Gasteiger partial charge in [0, 0.05) is 18.6 Å². The van der Waals surface area contributed by atoms with Crippen molar-refractivity contribution in [2.75, 3.05) is 7.11 Å². The van der Waals surface area contributed by atoms with Crippen molar-refractivity contribution in [2.45, 2.75) is 12.8 Å². The summed E-state index contributed by atoms with van der Waals surface area (Å²) in [6, 6.07) is 9.51. The van der Waals surface area contributed by atoms with Crippen molar-refractivity contribution >= 4 is 5.97 Å². The summed E-state index contributed by atoms with van der Waals surface area (Å²) >= 11 is 0. The minimum atomic E-state index is -0.768. The predicted octanol–water partition coefficient (Wildman–Crippen LogP) is 4.04. The van der Waals surface area contributed by atoms with Gasteiger partial charge in [0.15, 0.2) is 23.1 Å². The topological polar surface area (TPSA) is 85.4 Å². The zero-order valence-electron chi connectivity index (χ0n) is 14.7. The van der Waals surface area contributed by atoms with Gasteiger partial charge in [-0.25, -0.2) is 13.8 Å². The van der Waals surface area contributed by atoms with Crippen LogP contribution in [0.4, 0.5) is 8.78 Å². The fourth-order valence-corrected chi connectivity index (χ4v) is 2.44. The van der Waals surface area contributed by atoms with E-state index in [-0.39, 0.29) is 41.6 Å². The van der Waals surface area contributed by atoms with E-state index in [2.05, 4.69) is 4.98 Å². The molecule has 0 spiro atoms. The van der Waals surface area contributed by atoms with Crippen molar-refractivity contribution < 1.29 is 27.5 Å². The number of methoxy groups -OCH3 is 1. The number of oxazole rings is 1. The van der Waals surface area contributed by atoms with Crippen LogP contribution >= 0.6 is 0 Å². The average molecular weight is 384 g/mol. The molecule has 0 aliphatic carbocycles. The Labute approximate surface area is 158 Å². The van der Waals surface area contributed by atoms with Crippen molar-refractivity contribution in [2.24, 2.45) is 0 Å². The quantitative estimate of drug-likeness (QED) is 0.471. The van der Waals surface area contributed by atoms with Crippen molar-refractivity contribution in [3.8, 4) is 28.9 Å². The highest BCUT2D eigenvalue weighted by Gasteiger charge is 2.15. The Morgan fingerprint density at radius 1 is 1.21 bits per heavy atom. The lowest BCUT2D eigenvalue weighted by molar-refractivity contribution is -0.134. The number of benzene rings is 2. The summed E-state index contributed by atoms with van der Waals surface area (Å²) < 4.78 is 42.5. The Kier molecular flexibility index (Phi) is 5.65. The molecule has 1 aromatic heterocycles. The van der Waals surface area contributed by atoms with Gasteiger partial charge in [0.25, 0.3) is 0 Å². The van der Waals surface area contributed by atoms with Crippen LogP contribution in [0.5, 0.6) is 11.5 Å². The smallest absolute Gasteiger partial charge is 0.311 e. The summed E-state index contributed by atoms with van der Waals surface area (Å²) in [5.74, 6) is -1.23. The number of hydrogen-bond donors (Lipinski definition) is 0. The second kappa shape index (κ2) is 8.31. The van der Waals surface area contributed by atoms with E-state index < -0.39 is 17.6 Å². The molecule has 0 aliphatic heterocycles. The lowest BCUT2D eigenvalue weighted by atomic mass is 10.2. The maximum absolute atomic E-state index is 13.8. The van der Waals surface area contributed by atoms with E-state index in [1.54, 1.807) is 0 Å². The van der Waals surface area contributed by atoms with Crippen LogP contribution in [0.1, 0.15) is 17.9 Å². The molecule has 0 atom stereocenters. The number of carbonyl (C=O) groups excluding carboxylic acids is 1. The van der Waals surface area contributed by atoms with Crippen LogP contribution in [-0.2, 0) is 11.2 Å². The highest BCUT2D eigenvalue weighted by Crippen LogP contribution is 2.28. The maximum Gasteiger partial charge on any atom is 0.311 e. The van der Waals surface area contributed by atoms with E-state index in [1.807, 2.05) is 6.07 Å². The molecule has 0 radical (unpaired) electrons. The van der Waals surface area contributed by atoms with Gasteiger partial charge in [0.1, 0.15) is 11.6 Å². The maximum atomic E-state index is 13.8. The fraction of sp³-hybridized carbons (Fsp3) is 0.150. The zero-order valence-corrected chi connectivity index (χ0v) is 14.7. The van der Waals surface area contributed by atoms with E-state index >= 15 is 0 Å². The molecule has 0 saturated carbocycles. The standard InChI is InChI=1S/C20H14F2N2O4/c1-26-17-8-12(10-23)2-5-16(17)28-20(25)7-6-19-24-11-18(27-19)14-4-3-13(21)9-15(14)22/h2-5,8-9,11H,6-7H2,1H3. The fourth-order valence-electron chi connectivity index (χ4n) is 2.44. The number of aromatic nitrogens is 1. The molecule has 6 nitrogen and oxygen atoms in total. The van der Waals surface area contributed by atoms with Gasteiger partial charge in [-0.1, -0.05) is 0 Å². The SMILES string of the molecule is COc1cc(C#N)ccc1OC(=O)CCc1ncc(-c2ccc(F)cc2F)o1. The third-order valence-electron chi connectivity index (χ3n) is 3.81. The first-order valence-corrected chi connectivity index (χ1v) is 8.19. The van der Waals surface area contributed by atoms with Crippen LogP contribution in [0.25, 0.3) is 11.3 Å². The van der Waals surface area contributed by atoms with E-state index in [0.717, 1.165) is 12.1 Å². The number of halogens is 2. The van der Waals surface area contributed by atoms with Gasteiger partial charge in [-0.2, -0.15) is 5.26 Å². The van der Waals surface area contributed by atoms with E-state index in [9.17, 15) is 13.6 Å². The monoisotopic (exact) mass is 384 g/mol.